The summed E-state index contributed by atoms with van der Waals surface area (Å²) in [5.74, 6) is 0.132. The molecule has 1 atom stereocenters. The van der Waals surface area contributed by atoms with Gasteiger partial charge in [0.15, 0.2) is 0 Å². The molecule has 1 heterocycles. The molecule has 0 aromatic rings. The molecule has 0 saturated carbocycles. The highest BCUT2D eigenvalue weighted by molar-refractivity contribution is 5.76. The first-order valence-electron chi connectivity index (χ1n) is 4.46. The minimum atomic E-state index is 0.132. The quantitative estimate of drug-likeness (QED) is 0.653. The van der Waals surface area contributed by atoms with Crippen molar-refractivity contribution in [2.45, 2.75) is 32.2 Å². The number of rotatable bonds is 3. The van der Waals surface area contributed by atoms with Gasteiger partial charge in [-0.3, -0.25) is 4.79 Å². The molecule has 0 bridgehead atoms. The first-order chi connectivity index (χ1) is 5.74. The zero-order chi connectivity index (χ0) is 8.97. The van der Waals surface area contributed by atoms with E-state index >= 15 is 0 Å². The average molecular weight is 168 g/mol. The van der Waals surface area contributed by atoms with Crippen LogP contribution in [0.2, 0.25) is 0 Å². The van der Waals surface area contributed by atoms with Crippen molar-refractivity contribution in [2.24, 2.45) is 0 Å². The lowest BCUT2D eigenvalue weighted by Crippen LogP contribution is -2.34. The molecule has 0 spiro atoms. The third-order valence-electron chi connectivity index (χ3n) is 2.02. The van der Waals surface area contributed by atoms with Crippen LogP contribution in [-0.2, 0) is 4.79 Å². The Morgan fingerprint density at radius 3 is 3.08 bits per heavy atom. The molecule has 1 aliphatic rings. The maximum absolute atomic E-state index is 11.2. The lowest BCUT2D eigenvalue weighted by atomic mass is 10.2. The second-order valence-electron chi connectivity index (χ2n) is 3.11. The molecule has 1 aliphatic heterocycles. The van der Waals surface area contributed by atoms with E-state index in [0.717, 1.165) is 25.1 Å². The van der Waals surface area contributed by atoms with Crippen LogP contribution in [0.3, 0.4) is 0 Å². The van der Waals surface area contributed by atoms with E-state index in [1.54, 1.807) is 0 Å². The fraction of sp³-hybridized carbons (Fsp3) is 0.667. The SMILES string of the molecule is C=C1NCCC1NC(=O)CCC. The second kappa shape index (κ2) is 4.14. The summed E-state index contributed by atoms with van der Waals surface area (Å²) in [6.45, 7) is 6.75. The lowest BCUT2D eigenvalue weighted by Gasteiger charge is -2.11. The first-order valence-corrected chi connectivity index (χ1v) is 4.46. The summed E-state index contributed by atoms with van der Waals surface area (Å²) in [4.78, 5) is 11.2. The van der Waals surface area contributed by atoms with Gasteiger partial charge in [0, 0.05) is 18.7 Å². The molecule has 2 N–H and O–H groups in total. The minimum absolute atomic E-state index is 0.132. The van der Waals surface area contributed by atoms with Gasteiger partial charge in [0.25, 0.3) is 0 Å². The van der Waals surface area contributed by atoms with Crippen molar-refractivity contribution in [2.75, 3.05) is 6.54 Å². The molecular weight excluding hydrogens is 152 g/mol. The summed E-state index contributed by atoms with van der Waals surface area (Å²) in [6, 6.07) is 0.157. The molecule has 0 radical (unpaired) electrons. The predicted molar refractivity (Wildman–Crippen MR) is 48.6 cm³/mol. The first kappa shape index (κ1) is 9.10. The molecule has 1 unspecified atom stereocenters. The summed E-state index contributed by atoms with van der Waals surface area (Å²) >= 11 is 0. The Bertz CT molecular complexity index is 189. The monoisotopic (exact) mass is 168 g/mol. The van der Waals surface area contributed by atoms with Gasteiger partial charge in [0.1, 0.15) is 0 Å². The second-order valence-corrected chi connectivity index (χ2v) is 3.11. The fourth-order valence-corrected chi connectivity index (χ4v) is 1.33. The summed E-state index contributed by atoms with van der Waals surface area (Å²) in [6.07, 6.45) is 2.48. The van der Waals surface area contributed by atoms with Crippen LogP contribution >= 0.6 is 0 Å². The number of carbonyl (C=O) groups excluding carboxylic acids is 1. The molecule has 68 valence electrons. The molecular formula is C9H16N2O. The van der Waals surface area contributed by atoms with E-state index in [4.69, 9.17) is 0 Å². The van der Waals surface area contributed by atoms with Crippen LogP contribution in [0.15, 0.2) is 12.3 Å². The summed E-state index contributed by atoms with van der Waals surface area (Å²) in [5.41, 5.74) is 0.944. The van der Waals surface area contributed by atoms with Crippen LogP contribution in [0.5, 0.6) is 0 Å². The topological polar surface area (TPSA) is 41.1 Å². The van der Waals surface area contributed by atoms with Crippen LogP contribution in [0.1, 0.15) is 26.2 Å². The van der Waals surface area contributed by atoms with Gasteiger partial charge >= 0.3 is 0 Å². The van der Waals surface area contributed by atoms with Crippen LogP contribution in [0.25, 0.3) is 0 Å². The Balaban J connectivity index is 2.30. The van der Waals surface area contributed by atoms with E-state index in [9.17, 15) is 4.79 Å². The molecule has 3 nitrogen and oxygen atoms in total. The molecule has 1 saturated heterocycles. The van der Waals surface area contributed by atoms with E-state index in [1.807, 2.05) is 6.92 Å². The van der Waals surface area contributed by atoms with E-state index in [2.05, 4.69) is 17.2 Å². The van der Waals surface area contributed by atoms with Crippen LogP contribution in [-0.4, -0.2) is 18.5 Å². The van der Waals surface area contributed by atoms with Gasteiger partial charge in [-0.2, -0.15) is 0 Å². The Labute approximate surface area is 73.2 Å². The van der Waals surface area contributed by atoms with Crippen molar-refractivity contribution in [1.82, 2.24) is 10.6 Å². The highest BCUT2D eigenvalue weighted by Gasteiger charge is 2.19. The van der Waals surface area contributed by atoms with Gasteiger partial charge in [0.2, 0.25) is 5.91 Å². The van der Waals surface area contributed by atoms with Crippen molar-refractivity contribution >= 4 is 5.91 Å². The van der Waals surface area contributed by atoms with Crippen molar-refractivity contribution in [3.63, 3.8) is 0 Å². The maximum Gasteiger partial charge on any atom is 0.220 e. The Hall–Kier alpha value is -0.990. The van der Waals surface area contributed by atoms with Gasteiger partial charge < -0.3 is 10.6 Å². The van der Waals surface area contributed by atoms with Gasteiger partial charge in [-0.15, -0.1) is 0 Å². The number of nitrogens with one attached hydrogen (secondary N) is 2. The van der Waals surface area contributed by atoms with Crippen LogP contribution in [0.4, 0.5) is 0 Å². The van der Waals surface area contributed by atoms with Crippen molar-refractivity contribution < 1.29 is 4.79 Å². The summed E-state index contributed by atoms with van der Waals surface area (Å²) in [7, 11) is 0. The molecule has 0 aromatic heterocycles. The number of hydrogen-bond donors (Lipinski definition) is 2. The highest BCUT2D eigenvalue weighted by atomic mass is 16.1. The third kappa shape index (κ3) is 2.26. The highest BCUT2D eigenvalue weighted by Crippen LogP contribution is 2.08. The normalized spacial score (nSPS) is 22.1. The molecule has 12 heavy (non-hydrogen) atoms. The zero-order valence-electron chi connectivity index (χ0n) is 7.52. The fourth-order valence-electron chi connectivity index (χ4n) is 1.33. The molecule has 1 rings (SSSR count). The molecule has 1 fully saturated rings. The number of hydrogen-bond acceptors (Lipinski definition) is 2. The van der Waals surface area contributed by atoms with Gasteiger partial charge in [-0.05, 0) is 12.8 Å². The maximum atomic E-state index is 11.2. The average Bonchev–Trinajstić information content (AvgIpc) is 2.37. The number of amides is 1. The minimum Gasteiger partial charge on any atom is -0.387 e. The van der Waals surface area contributed by atoms with E-state index in [1.165, 1.54) is 0 Å². The molecule has 0 aromatic carbocycles. The molecule has 1 amide bonds. The largest absolute Gasteiger partial charge is 0.387 e. The predicted octanol–water partition coefficient (Wildman–Crippen LogP) is 0.778. The zero-order valence-corrected chi connectivity index (χ0v) is 7.52. The third-order valence-corrected chi connectivity index (χ3v) is 2.02. The Kier molecular flexibility index (Phi) is 3.14. The van der Waals surface area contributed by atoms with Gasteiger partial charge in [-0.1, -0.05) is 13.5 Å². The van der Waals surface area contributed by atoms with Crippen molar-refractivity contribution in [3.05, 3.63) is 12.3 Å². The van der Waals surface area contributed by atoms with E-state index < -0.39 is 0 Å². The van der Waals surface area contributed by atoms with Crippen LogP contribution < -0.4 is 10.6 Å². The Morgan fingerprint density at radius 1 is 1.83 bits per heavy atom. The molecule has 0 aliphatic carbocycles. The lowest BCUT2D eigenvalue weighted by molar-refractivity contribution is -0.121. The van der Waals surface area contributed by atoms with Crippen molar-refractivity contribution in [3.8, 4) is 0 Å². The summed E-state index contributed by atoms with van der Waals surface area (Å²) < 4.78 is 0. The standard InChI is InChI=1S/C9H16N2O/c1-3-4-9(12)11-8-5-6-10-7(8)2/h8,10H,2-6H2,1H3,(H,11,12). The van der Waals surface area contributed by atoms with Gasteiger partial charge in [-0.25, -0.2) is 0 Å². The summed E-state index contributed by atoms with van der Waals surface area (Å²) in [5, 5.41) is 6.04. The van der Waals surface area contributed by atoms with Crippen molar-refractivity contribution in [1.29, 1.82) is 0 Å². The van der Waals surface area contributed by atoms with E-state index in [-0.39, 0.29) is 11.9 Å². The van der Waals surface area contributed by atoms with E-state index in [0.29, 0.717) is 6.42 Å². The Morgan fingerprint density at radius 2 is 2.58 bits per heavy atom. The van der Waals surface area contributed by atoms with Crippen LogP contribution in [0, 0.1) is 0 Å². The number of carbonyl (C=O) groups is 1. The smallest absolute Gasteiger partial charge is 0.220 e. The molecule has 3 heteroatoms. The van der Waals surface area contributed by atoms with Gasteiger partial charge in [0.05, 0.1) is 6.04 Å².